The highest BCUT2D eigenvalue weighted by atomic mass is 32.1. The van der Waals surface area contributed by atoms with Gasteiger partial charge in [0.05, 0.1) is 33.2 Å². The lowest BCUT2D eigenvalue weighted by Crippen LogP contribution is -2.17. The largest absolute Gasteiger partial charge is 0.397 e. The van der Waals surface area contributed by atoms with Crippen LogP contribution in [0.4, 0.5) is 11.4 Å². The molecule has 3 rings (SSSR count). The summed E-state index contributed by atoms with van der Waals surface area (Å²) in [5.41, 5.74) is 8.74. The Morgan fingerprint density at radius 2 is 2.38 bits per heavy atom. The third-order valence-electron chi connectivity index (χ3n) is 2.67. The predicted octanol–water partition coefficient (Wildman–Crippen LogP) is 2.33. The summed E-state index contributed by atoms with van der Waals surface area (Å²) in [6.45, 7) is 3.68. The Kier molecular flexibility index (Phi) is 2.22. The molecule has 5 heteroatoms. The van der Waals surface area contributed by atoms with Gasteiger partial charge in [0.1, 0.15) is 0 Å². The minimum absolute atomic E-state index is 0.762. The van der Waals surface area contributed by atoms with Crippen molar-refractivity contribution in [1.82, 2.24) is 4.98 Å². The fourth-order valence-electron chi connectivity index (χ4n) is 1.95. The van der Waals surface area contributed by atoms with Crippen LogP contribution in [0, 0.1) is 6.92 Å². The first-order valence-corrected chi connectivity index (χ1v) is 6.13. The van der Waals surface area contributed by atoms with Crippen LogP contribution in [0.2, 0.25) is 0 Å². The first-order valence-electron chi connectivity index (χ1n) is 5.31. The second kappa shape index (κ2) is 3.61. The van der Waals surface area contributed by atoms with Crippen LogP contribution in [-0.4, -0.2) is 18.1 Å². The number of nitrogens with two attached hydrogens (primary N) is 1. The number of thiazole rings is 1. The molecule has 4 nitrogen and oxygen atoms in total. The molecule has 0 unspecified atom stereocenters. The van der Waals surface area contributed by atoms with Crippen molar-refractivity contribution in [2.75, 3.05) is 23.9 Å². The van der Waals surface area contributed by atoms with Crippen LogP contribution in [0.15, 0.2) is 12.1 Å². The number of fused-ring (bicyclic) bond motifs is 1. The first kappa shape index (κ1) is 9.86. The highest BCUT2D eigenvalue weighted by Crippen LogP contribution is 2.33. The zero-order chi connectivity index (χ0) is 11.1. The highest BCUT2D eigenvalue weighted by Gasteiger charge is 2.17. The molecule has 1 aromatic carbocycles. The van der Waals surface area contributed by atoms with E-state index in [-0.39, 0.29) is 0 Å². The van der Waals surface area contributed by atoms with Gasteiger partial charge in [-0.1, -0.05) is 0 Å². The zero-order valence-electron chi connectivity index (χ0n) is 9.06. The van der Waals surface area contributed by atoms with Gasteiger partial charge in [-0.3, -0.25) is 9.90 Å². The number of nitrogen functional groups attached to an aromatic ring is 1. The molecule has 0 atom stereocenters. The van der Waals surface area contributed by atoms with Crippen molar-refractivity contribution in [2.24, 2.45) is 0 Å². The van der Waals surface area contributed by atoms with Gasteiger partial charge in [0.2, 0.25) is 0 Å². The van der Waals surface area contributed by atoms with Crippen molar-refractivity contribution in [2.45, 2.75) is 13.3 Å². The van der Waals surface area contributed by atoms with Gasteiger partial charge in [0.25, 0.3) is 0 Å². The minimum Gasteiger partial charge on any atom is -0.397 e. The molecule has 0 saturated carbocycles. The molecule has 0 amide bonds. The topological polar surface area (TPSA) is 51.4 Å². The van der Waals surface area contributed by atoms with Crippen molar-refractivity contribution in [1.29, 1.82) is 0 Å². The SMILES string of the molecule is Cc1nc2cc(N3CCCO3)c(N)cc2s1. The van der Waals surface area contributed by atoms with Gasteiger partial charge in [0.15, 0.2) is 0 Å². The number of aromatic nitrogens is 1. The summed E-state index contributed by atoms with van der Waals surface area (Å²) in [4.78, 5) is 9.97. The Bertz CT molecular complexity index is 531. The third-order valence-corrected chi connectivity index (χ3v) is 3.60. The first-order chi connectivity index (χ1) is 7.74. The normalized spacial score (nSPS) is 16.2. The summed E-state index contributed by atoms with van der Waals surface area (Å²) in [5.74, 6) is 0. The molecule has 1 saturated heterocycles. The number of nitrogens with zero attached hydrogens (tertiary/aromatic N) is 2. The lowest BCUT2D eigenvalue weighted by atomic mass is 10.2. The number of hydrogen-bond acceptors (Lipinski definition) is 5. The summed E-state index contributed by atoms with van der Waals surface area (Å²) in [6, 6.07) is 4.00. The second-order valence-corrected chi connectivity index (χ2v) is 5.14. The smallest absolute Gasteiger partial charge is 0.0907 e. The van der Waals surface area contributed by atoms with Crippen LogP contribution in [0.1, 0.15) is 11.4 Å². The standard InChI is InChI=1S/C11H13N3OS/c1-7-13-9-6-10(14-3-2-4-15-14)8(12)5-11(9)16-7/h5-6H,2-4,12H2,1H3. The maximum atomic E-state index is 6.03. The Labute approximate surface area is 97.6 Å². The third kappa shape index (κ3) is 1.52. The van der Waals surface area contributed by atoms with Gasteiger partial charge in [-0.05, 0) is 25.5 Å². The molecular formula is C11H13N3OS. The highest BCUT2D eigenvalue weighted by molar-refractivity contribution is 7.18. The molecule has 0 bridgehead atoms. The number of hydrogen-bond donors (Lipinski definition) is 1. The van der Waals surface area contributed by atoms with Crippen LogP contribution < -0.4 is 10.8 Å². The van der Waals surface area contributed by atoms with Crippen molar-refractivity contribution in [3.05, 3.63) is 17.1 Å². The van der Waals surface area contributed by atoms with Crippen molar-refractivity contribution in [3.63, 3.8) is 0 Å². The van der Waals surface area contributed by atoms with E-state index in [0.717, 1.165) is 46.2 Å². The van der Waals surface area contributed by atoms with Crippen molar-refractivity contribution < 1.29 is 4.84 Å². The van der Waals surface area contributed by atoms with Crippen molar-refractivity contribution >= 4 is 32.9 Å². The molecule has 2 heterocycles. The van der Waals surface area contributed by atoms with Crippen LogP contribution in [0.25, 0.3) is 10.2 Å². The Hall–Kier alpha value is -1.33. The maximum absolute atomic E-state index is 6.03. The fourth-order valence-corrected chi connectivity index (χ4v) is 2.80. The molecule has 1 aromatic heterocycles. The summed E-state index contributed by atoms with van der Waals surface area (Å²) in [7, 11) is 0. The van der Waals surface area contributed by atoms with E-state index in [1.807, 2.05) is 24.1 Å². The number of aryl methyl sites for hydroxylation is 1. The second-order valence-electron chi connectivity index (χ2n) is 3.90. The van der Waals surface area contributed by atoms with Crippen molar-refractivity contribution in [3.8, 4) is 0 Å². The molecule has 0 spiro atoms. The van der Waals surface area contributed by atoms with E-state index in [4.69, 9.17) is 10.6 Å². The van der Waals surface area contributed by atoms with Gasteiger partial charge in [-0.15, -0.1) is 11.3 Å². The lowest BCUT2D eigenvalue weighted by Gasteiger charge is -2.17. The van der Waals surface area contributed by atoms with E-state index < -0.39 is 0 Å². The Morgan fingerprint density at radius 1 is 1.50 bits per heavy atom. The average Bonchev–Trinajstić information content (AvgIpc) is 2.83. The Morgan fingerprint density at radius 3 is 3.12 bits per heavy atom. The predicted molar refractivity (Wildman–Crippen MR) is 66.7 cm³/mol. The zero-order valence-corrected chi connectivity index (χ0v) is 9.88. The van der Waals surface area contributed by atoms with E-state index in [9.17, 15) is 0 Å². The van der Waals surface area contributed by atoms with Gasteiger partial charge in [0, 0.05) is 6.54 Å². The number of benzene rings is 1. The molecule has 0 radical (unpaired) electrons. The molecule has 1 aliphatic heterocycles. The summed E-state index contributed by atoms with van der Waals surface area (Å²) < 4.78 is 1.14. The van der Waals surface area contributed by atoms with Gasteiger partial charge >= 0.3 is 0 Å². The van der Waals surface area contributed by atoms with Crippen LogP contribution in [0.5, 0.6) is 0 Å². The molecule has 1 aliphatic rings. The maximum Gasteiger partial charge on any atom is 0.0907 e. The summed E-state index contributed by atoms with van der Waals surface area (Å²) in [5, 5.41) is 2.93. The van der Waals surface area contributed by atoms with Gasteiger partial charge in [-0.25, -0.2) is 4.98 Å². The van der Waals surface area contributed by atoms with E-state index >= 15 is 0 Å². The van der Waals surface area contributed by atoms with E-state index in [2.05, 4.69) is 4.98 Å². The molecule has 0 aliphatic carbocycles. The van der Waals surface area contributed by atoms with E-state index in [1.54, 1.807) is 11.3 Å². The molecule has 2 aromatic rings. The van der Waals surface area contributed by atoms with Gasteiger partial charge in [-0.2, -0.15) is 0 Å². The fraction of sp³-hybridized carbons (Fsp3) is 0.364. The molecular weight excluding hydrogens is 222 g/mol. The number of rotatable bonds is 1. The minimum atomic E-state index is 0.762. The Balaban J connectivity index is 2.12. The summed E-state index contributed by atoms with van der Waals surface area (Å²) >= 11 is 1.67. The quantitative estimate of drug-likeness (QED) is 0.771. The summed E-state index contributed by atoms with van der Waals surface area (Å²) in [6.07, 6.45) is 1.05. The average molecular weight is 235 g/mol. The van der Waals surface area contributed by atoms with Crippen LogP contribution in [-0.2, 0) is 4.84 Å². The van der Waals surface area contributed by atoms with E-state index in [0.29, 0.717) is 0 Å². The van der Waals surface area contributed by atoms with Gasteiger partial charge < -0.3 is 5.73 Å². The monoisotopic (exact) mass is 235 g/mol. The number of anilines is 2. The molecule has 1 fully saturated rings. The molecule has 2 N–H and O–H groups in total. The molecule has 16 heavy (non-hydrogen) atoms. The number of hydroxylamine groups is 1. The van der Waals surface area contributed by atoms with E-state index in [1.165, 1.54) is 0 Å². The van der Waals surface area contributed by atoms with Crippen LogP contribution in [0.3, 0.4) is 0 Å². The molecule has 84 valence electrons. The lowest BCUT2D eigenvalue weighted by molar-refractivity contribution is 0.168. The van der Waals surface area contributed by atoms with Crippen LogP contribution >= 0.6 is 11.3 Å².